The molecule has 1 aliphatic carbocycles. The summed E-state index contributed by atoms with van der Waals surface area (Å²) in [6, 6.07) is 5.92. The molecule has 23 heavy (non-hydrogen) atoms. The molecule has 1 N–H and O–H groups in total. The van der Waals surface area contributed by atoms with E-state index in [2.05, 4.69) is 5.32 Å². The standard InChI is InChI=1S/C18H22FNO3/c19-15-10-7-14(8-11-15)9-12-18(22)23-13-17(21)20-16-5-3-1-2-4-6-16/h7-12,16H,1-6,13H2,(H,20,21)/b12-9+. The average Bonchev–Trinajstić information content (AvgIpc) is 2.81. The zero-order chi connectivity index (χ0) is 16.5. The maximum absolute atomic E-state index is 12.8. The van der Waals surface area contributed by atoms with Crippen molar-refractivity contribution in [1.29, 1.82) is 0 Å². The summed E-state index contributed by atoms with van der Waals surface area (Å²) in [5.41, 5.74) is 0.686. The number of carbonyl (C=O) groups excluding carboxylic acids is 2. The first kappa shape index (κ1) is 17.2. The first-order chi connectivity index (χ1) is 11.1. The molecule has 2 rings (SSSR count). The Labute approximate surface area is 135 Å². The van der Waals surface area contributed by atoms with Gasteiger partial charge in [-0.25, -0.2) is 9.18 Å². The van der Waals surface area contributed by atoms with E-state index in [4.69, 9.17) is 4.74 Å². The van der Waals surface area contributed by atoms with Crippen LogP contribution in [0.4, 0.5) is 4.39 Å². The zero-order valence-electron chi connectivity index (χ0n) is 13.1. The van der Waals surface area contributed by atoms with Gasteiger partial charge in [-0.05, 0) is 36.6 Å². The molecule has 0 radical (unpaired) electrons. The fourth-order valence-corrected chi connectivity index (χ4v) is 2.62. The van der Waals surface area contributed by atoms with E-state index < -0.39 is 5.97 Å². The van der Waals surface area contributed by atoms with Crippen molar-refractivity contribution in [2.24, 2.45) is 0 Å². The summed E-state index contributed by atoms with van der Waals surface area (Å²) in [5.74, 6) is -1.19. The van der Waals surface area contributed by atoms with Gasteiger partial charge in [0.2, 0.25) is 0 Å². The summed E-state index contributed by atoms with van der Waals surface area (Å²) in [4.78, 5) is 23.4. The van der Waals surface area contributed by atoms with Crippen LogP contribution in [0.2, 0.25) is 0 Å². The molecule has 0 heterocycles. The highest BCUT2D eigenvalue weighted by Crippen LogP contribution is 2.17. The molecular weight excluding hydrogens is 297 g/mol. The van der Waals surface area contributed by atoms with Crippen LogP contribution in [-0.4, -0.2) is 24.5 Å². The van der Waals surface area contributed by atoms with Gasteiger partial charge in [-0.2, -0.15) is 0 Å². The molecule has 1 amide bonds. The van der Waals surface area contributed by atoms with Gasteiger partial charge in [0.25, 0.3) is 5.91 Å². The number of carbonyl (C=O) groups is 2. The number of hydrogen-bond donors (Lipinski definition) is 1. The van der Waals surface area contributed by atoms with Gasteiger partial charge in [-0.1, -0.05) is 37.8 Å². The van der Waals surface area contributed by atoms with E-state index in [-0.39, 0.29) is 24.4 Å². The van der Waals surface area contributed by atoms with Gasteiger partial charge in [0.05, 0.1) is 0 Å². The van der Waals surface area contributed by atoms with Gasteiger partial charge < -0.3 is 10.1 Å². The van der Waals surface area contributed by atoms with Gasteiger partial charge in [-0.3, -0.25) is 4.79 Å². The third kappa shape index (κ3) is 6.63. The third-order valence-electron chi connectivity index (χ3n) is 3.85. The van der Waals surface area contributed by atoms with Crippen molar-refractivity contribution in [3.63, 3.8) is 0 Å². The lowest BCUT2D eigenvalue weighted by Crippen LogP contribution is -2.37. The van der Waals surface area contributed by atoms with Gasteiger partial charge in [0.1, 0.15) is 5.82 Å². The Morgan fingerprint density at radius 1 is 1.13 bits per heavy atom. The minimum atomic E-state index is -0.592. The van der Waals surface area contributed by atoms with E-state index in [0.717, 1.165) is 25.7 Å². The Kier molecular flexibility index (Phi) is 6.78. The second kappa shape index (κ2) is 9.08. The molecule has 1 aliphatic rings. The topological polar surface area (TPSA) is 55.4 Å². The van der Waals surface area contributed by atoms with Crippen LogP contribution in [0.1, 0.15) is 44.1 Å². The quantitative estimate of drug-likeness (QED) is 0.515. The Balaban J connectivity index is 1.70. The molecule has 0 bridgehead atoms. The molecule has 0 aliphatic heterocycles. The normalized spacial score (nSPS) is 16.0. The first-order valence-corrected chi connectivity index (χ1v) is 8.03. The smallest absolute Gasteiger partial charge is 0.331 e. The fourth-order valence-electron chi connectivity index (χ4n) is 2.62. The Morgan fingerprint density at radius 2 is 1.78 bits per heavy atom. The predicted molar refractivity (Wildman–Crippen MR) is 86.0 cm³/mol. The third-order valence-corrected chi connectivity index (χ3v) is 3.85. The molecule has 124 valence electrons. The van der Waals surface area contributed by atoms with E-state index in [1.165, 1.54) is 37.1 Å². The second-order valence-electron chi connectivity index (χ2n) is 5.75. The molecule has 0 atom stereocenters. The van der Waals surface area contributed by atoms with Crippen LogP contribution in [-0.2, 0) is 14.3 Å². The van der Waals surface area contributed by atoms with Crippen molar-refractivity contribution in [1.82, 2.24) is 5.32 Å². The fraction of sp³-hybridized carbons (Fsp3) is 0.444. The van der Waals surface area contributed by atoms with Gasteiger partial charge in [0, 0.05) is 12.1 Å². The second-order valence-corrected chi connectivity index (χ2v) is 5.75. The molecular formula is C18H22FNO3. The van der Waals surface area contributed by atoms with Crippen LogP contribution in [0, 0.1) is 5.82 Å². The molecule has 4 nitrogen and oxygen atoms in total. The summed E-state index contributed by atoms with van der Waals surface area (Å²) in [6.45, 7) is -0.275. The molecule has 0 unspecified atom stereocenters. The highest BCUT2D eigenvalue weighted by Gasteiger charge is 2.15. The maximum Gasteiger partial charge on any atom is 0.331 e. The number of esters is 1. The van der Waals surface area contributed by atoms with Crippen molar-refractivity contribution >= 4 is 18.0 Å². The van der Waals surface area contributed by atoms with E-state index in [1.54, 1.807) is 12.1 Å². The van der Waals surface area contributed by atoms with Gasteiger partial charge >= 0.3 is 5.97 Å². The van der Waals surface area contributed by atoms with E-state index in [1.807, 2.05) is 0 Å². The van der Waals surface area contributed by atoms with Crippen LogP contribution in [0.25, 0.3) is 6.08 Å². The summed E-state index contributed by atoms with van der Waals surface area (Å²) in [7, 11) is 0. The molecule has 1 aromatic rings. The monoisotopic (exact) mass is 319 g/mol. The van der Waals surface area contributed by atoms with Crippen molar-refractivity contribution in [2.45, 2.75) is 44.6 Å². The van der Waals surface area contributed by atoms with Crippen molar-refractivity contribution in [3.8, 4) is 0 Å². The summed E-state index contributed by atoms with van der Waals surface area (Å²) in [6.07, 6.45) is 9.42. The highest BCUT2D eigenvalue weighted by atomic mass is 19.1. The number of halogens is 1. The van der Waals surface area contributed by atoms with Gasteiger partial charge in [-0.15, -0.1) is 0 Å². The Hall–Kier alpha value is -2.17. The minimum Gasteiger partial charge on any atom is -0.452 e. The molecule has 1 fully saturated rings. The molecule has 5 heteroatoms. The maximum atomic E-state index is 12.8. The Morgan fingerprint density at radius 3 is 2.43 bits per heavy atom. The summed E-state index contributed by atoms with van der Waals surface area (Å²) in [5, 5.41) is 2.91. The number of rotatable bonds is 5. The molecule has 0 aromatic heterocycles. The number of benzene rings is 1. The average molecular weight is 319 g/mol. The zero-order valence-corrected chi connectivity index (χ0v) is 13.1. The molecule has 1 aromatic carbocycles. The van der Waals surface area contributed by atoms with E-state index >= 15 is 0 Å². The van der Waals surface area contributed by atoms with Gasteiger partial charge in [0.15, 0.2) is 6.61 Å². The number of ether oxygens (including phenoxy) is 1. The number of hydrogen-bond acceptors (Lipinski definition) is 3. The number of nitrogens with one attached hydrogen (secondary N) is 1. The predicted octanol–water partition coefficient (Wildman–Crippen LogP) is 3.22. The first-order valence-electron chi connectivity index (χ1n) is 8.03. The van der Waals surface area contributed by atoms with Crippen LogP contribution < -0.4 is 5.32 Å². The van der Waals surface area contributed by atoms with Crippen LogP contribution >= 0.6 is 0 Å². The van der Waals surface area contributed by atoms with E-state index in [9.17, 15) is 14.0 Å². The minimum absolute atomic E-state index is 0.193. The number of amides is 1. The van der Waals surface area contributed by atoms with Crippen LogP contribution in [0.5, 0.6) is 0 Å². The van der Waals surface area contributed by atoms with Crippen molar-refractivity contribution < 1.29 is 18.7 Å². The summed E-state index contributed by atoms with van der Waals surface area (Å²) >= 11 is 0. The molecule has 0 spiro atoms. The van der Waals surface area contributed by atoms with E-state index in [0.29, 0.717) is 5.56 Å². The highest BCUT2D eigenvalue weighted by molar-refractivity contribution is 5.89. The lowest BCUT2D eigenvalue weighted by Gasteiger charge is -2.15. The van der Waals surface area contributed by atoms with Crippen molar-refractivity contribution in [3.05, 3.63) is 41.7 Å². The largest absolute Gasteiger partial charge is 0.452 e. The summed E-state index contributed by atoms with van der Waals surface area (Å²) < 4.78 is 17.7. The lowest BCUT2D eigenvalue weighted by molar-refractivity contribution is -0.144. The Bertz CT molecular complexity index is 546. The lowest BCUT2D eigenvalue weighted by atomic mass is 10.1. The van der Waals surface area contributed by atoms with Crippen LogP contribution in [0.3, 0.4) is 0 Å². The van der Waals surface area contributed by atoms with Crippen molar-refractivity contribution in [2.75, 3.05) is 6.61 Å². The molecule has 1 saturated carbocycles. The molecule has 0 saturated heterocycles. The SMILES string of the molecule is O=C(COC(=O)/C=C/c1ccc(F)cc1)NC1CCCCCC1. The van der Waals surface area contributed by atoms with Crippen LogP contribution in [0.15, 0.2) is 30.3 Å².